The third kappa shape index (κ3) is 6.44. The summed E-state index contributed by atoms with van der Waals surface area (Å²) in [6, 6.07) is 11.9. The highest BCUT2D eigenvalue weighted by atomic mass is 35.5. The van der Waals surface area contributed by atoms with Gasteiger partial charge in [-0.05, 0) is 49.6 Å². The molecule has 3 aromatic rings. The molecule has 2 atom stereocenters. The Balaban J connectivity index is 1.48. The lowest BCUT2D eigenvalue weighted by Gasteiger charge is -2.29. The minimum atomic E-state index is -3.91. The maximum absolute atomic E-state index is 12.6. The lowest BCUT2D eigenvalue weighted by molar-refractivity contribution is -0.184. The zero-order chi connectivity index (χ0) is 25.1. The molecule has 188 valence electrons. The van der Waals surface area contributed by atoms with Crippen LogP contribution in [0, 0.1) is 6.92 Å². The summed E-state index contributed by atoms with van der Waals surface area (Å²) in [5, 5.41) is 1.14. The van der Waals surface area contributed by atoms with Gasteiger partial charge in [-0.15, -0.1) is 0 Å². The SMILES string of the molecule is CCc1cncn1CC1(CCc2ccc(Cl)cc2Cl)OCC(COS(=O)(=O)c2ccc(C)cc2)O1. The Labute approximate surface area is 216 Å². The van der Waals surface area contributed by atoms with E-state index in [4.69, 9.17) is 36.9 Å². The molecule has 2 aromatic carbocycles. The Kier molecular flexibility index (Phi) is 8.20. The van der Waals surface area contributed by atoms with E-state index in [-0.39, 0.29) is 18.1 Å². The van der Waals surface area contributed by atoms with Gasteiger partial charge in [0.15, 0.2) is 5.79 Å². The number of halogens is 2. The molecule has 1 aliphatic heterocycles. The number of nitrogens with zero attached hydrogens (tertiary/aromatic N) is 2. The molecule has 0 N–H and O–H groups in total. The van der Waals surface area contributed by atoms with Crippen molar-refractivity contribution in [1.82, 2.24) is 9.55 Å². The highest BCUT2D eigenvalue weighted by molar-refractivity contribution is 7.86. The van der Waals surface area contributed by atoms with E-state index in [2.05, 4.69) is 11.9 Å². The van der Waals surface area contributed by atoms with Crippen LogP contribution in [0.5, 0.6) is 0 Å². The normalized spacial score (nSPS) is 20.4. The standard InChI is InChI=1S/C25H28Cl2N2O5S/c1-3-21-13-28-17-29(21)16-25(11-10-19-6-7-20(26)12-24(19)27)32-14-22(34-25)15-33-35(30,31)23-8-4-18(2)5-9-23/h4-9,12-13,17,22H,3,10-11,14-16H2,1-2H3. The van der Waals surface area contributed by atoms with Crippen molar-refractivity contribution in [3.8, 4) is 0 Å². The van der Waals surface area contributed by atoms with Gasteiger partial charge in [0.1, 0.15) is 6.10 Å². The van der Waals surface area contributed by atoms with Crippen molar-refractivity contribution in [3.63, 3.8) is 0 Å². The predicted molar refractivity (Wildman–Crippen MR) is 134 cm³/mol. The first kappa shape index (κ1) is 26.1. The summed E-state index contributed by atoms with van der Waals surface area (Å²) < 4.78 is 45.1. The van der Waals surface area contributed by atoms with Crippen molar-refractivity contribution in [2.24, 2.45) is 0 Å². The van der Waals surface area contributed by atoms with Gasteiger partial charge in [-0.2, -0.15) is 8.42 Å². The Morgan fingerprint density at radius 1 is 1.20 bits per heavy atom. The van der Waals surface area contributed by atoms with Crippen molar-refractivity contribution in [2.45, 2.75) is 56.4 Å². The molecule has 1 fully saturated rings. The van der Waals surface area contributed by atoms with Crippen LogP contribution in [0.4, 0.5) is 0 Å². The predicted octanol–water partition coefficient (Wildman–Crippen LogP) is 5.21. The number of hydrogen-bond acceptors (Lipinski definition) is 6. The second-order valence-electron chi connectivity index (χ2n) is 8.62. The van der Waals surface area contributed by atoms with Gasteiger partial charge in [-0.3, -0.25) is 4.18 Å². The monoisotopic (exact) mass is 538 g/mol. The van der Waals surface area contributed by atoms with Crippen molar-refractivity contribution < 1.29 is 22.1 Å². The number of aromatic nitrogens is 2. The topological polar surface area (TPSA) is 79.7 Å². The molecule has 0 radical (unpaired) electrons. The van der Waals surface area contributed by atoms with Crippen LogP contribution in [0.2, 0.25) is 10.0 Å². The van der Waals surface area contributed by atoms with Crippen molar-refractivity contribution in [3.05, 3.63) is 81.9 Å². The first-order valence-corrected chi connectivity index (χ1v) is 13.6. The Hall–Kier alpha value is -1.94. The van der Waals surface area contributed by atoms with E-state index in [1.807, 2.05) is 23.8 Å². The second kappa shape index (κ2) is 11.0. The molecule has 1 aliphatic rings. The number of hydrogen-bond donors (Lipinski definition) is 0. The van der Waals surface area contributed by atoms with E-state index in [0.717, 1.165) is 23.2 Å². The third-order valence-electron chi connectivity index (χ3n) is 5.99. The molecule has 0 aliphatic carbocycles. The molecule has 1 aromatic heterocycles. The van der Waals surface area contributed by atoms with Crippen LogP contribution in [0.1, 0.15) is 30.2 Å². The number of ether oxygens (including phenoxy) is 2. The summed E-state index contributed by atoms with van der Waals surface area (Å²) in [5.41, 5.74) is 2.93. The molecule has 2 heterocycles. The van der Waals surface area contributed by atoms with Crippen molar-refractivity contribution in [2.75, 3.05) is 13.2 Å². The van der Waals surface area contributed by atoms with E-state index in [1.165, 1.54) is 12.1 Å². The quantitative estimate of drug-likeness (QED) is 0.329. The minimum Gasteiger partial charge on any atom is -0.345 e. The molecule has 35 heavy (non-hydrogen) atoms. The maximum Gasteiger partial charge on any atom is 0.297 e. The minimum absolute atomic E-state index is 0.108. The lowest BCUT2D eigenvalue weighted by atomic mass is 10.0. The molecule has 10 heteroatoms. The van der Waals surface area contributed by atoms with Gasteiger partial charge in [0, 0.05) is 28.4 Å². The fraction of sp³-hybridized carbons (Fsp3) is 0.400. The summed E-state index contributed by atoms with van der Waals surface area (Å²) >= 11 is 12.4. The zero-order valence-electron chi connectivity index (χ0n) is 19.6. The van der Waals surface area contributed by atoms with E-state index < -0.39 is 22.0 Å². The highest BCUT2D eigenvalue weighted by Gasteiger charge is 2.42. The Morgan fingerprint density at radius 2 is 1.97 bits per heavy atom. The fourth-order valence-electron chi connectivity index (χ4n) is 4.02. The molecular weight excluding hydrogens is 511 g/mol. The van der Waals surface area contributed by atoms with E-state index in [9.17, 15) is 8.42 Å². The molecule has 0 saturated carbocycles. The highest BCUT2D eigenvalue weighted by Crippen LogP contribution is 2.33. The Morgan fingerprint density at radius 3 is 2.69 bits per heavy atom. The summed E-state index contributed by atoms with van der Waals surface area (Å²) in [4.78, 5) is 4.36. The first-order chi connectivity index (χ1) is 16.7. The lowest BCUT2D eigenvalue weighted by Crippen LogP contribution is -2.38. The molecule has 4 rings (SSSR count). The first-order valence-electron chi connectivity index (χ1n) is 11.4. The number of rotatable bonds is 10. The fourth-order valence-corrected chi connectivity index (χ4v) is 5.46. The second-order valence-corrected chi connectivity index (χ2v) is 11.1. The molecule has 0 spiro atoms. The van der Waals surface area contributed by atoms with Crippen LogP contribution in [0.15, 0.2) is 59.9 Å². The van der Waals surface area contributed by atoms with E-state index in [1.54, 1.807) is 30.6 Å². The van der Waals surface area contributed by atoms with Crippen LogP contribution >= 0.6 is 23.2 Å². The van der Waals surface area contributed by atoms with Crippen LogP contribution in [0.25, 0.3) is 0 Å². The summed E-state index contributed by atoms with van der Waals surface area (Å²) in [7, 11) is -3.91. The molecule has 0 amide bonds. The largest absolute Gasteiger partial charge is 0.345 e. The van der Waals surface area contributed by atoms with Crippen LogP contribution < -0.4 is 0 Å². The van der Waals surface area contributed by atoms with Crippen LogP contribution in [-0.4, -0.2) is 43.1 Å². The zero-order valence-corrected chi connectivity index (χ0v) is 21.9. The smallest absolute Gasteiger partial charge is 0.297 e. The van der Waals surface area contributed by atoms with Gasteiger partial charge >= 0.3 is 0 Å². The van der Waals surface area contributed by atoms with Gasteiger partial charge in [0.25, 0.3) is 10.1 Å². The number of benzene rings is 2. The van der Waals surface area contributed by atoms with E-state index >= 15 is 0 Å². The van der Waals surface area contributed by atoms with Crippen LogP contribution in [0.3, 0.4) is 0 Å². The summed E-state index contributed by atoms with van der Waals surface area (Å²) in [6.07, 6.45) is 4.89. The molecule has 1 saturated heterocycles. The summed E-state index contributed by atoms with van der Waals surface area (Å²) in [5.74, 6) is -0.991. The average Bonchev–Trinajstić information content (AvgIpc) is 3.44. The Bertz CT molecular complexity index is 1260. The third-order valence-corrected chi connectivity index (χ3v) is 7.88. The number of imidazole rings is 1. The van der Waals surface area contributed by atoms with Gasteiger partial charge in [0.05, 0.1) is 31.0 Å². The van der Waals surface area contributed by atoms with Crippen molar-refractivity contribution in [1.29, 1.82) is 0 Å². The summed E-state index contributed by atoms with van der Waals surface area (Å²) in [6.45, 7) is 4.40. The van der Waals surface area contributed by atoms with Gasteiger partial charge in [-0.25, -0.2) is 4.98 Å². The van der Waals surface area contributed by atoms with E-state index in [0.29, 0.717) is 29.4 Å². The van der Waals surface area contributed by atoms with Gasteiger partial charge in [-0.1, -0.05) is 53.9 Å². The molecule has 2 unspecified atom stereocenters. The molecule has 7 nitrogen and oxygen atoms in total. The number of aryl methyl sites for hydroxylation is 3. The maximum atomic E-state index is 12.6. The molecular formula is C25H28Cl2N2O5S. The molecule has 0 bridgehead atoms. The average molecular weight is 539 g/mol. The van der Waals surface area contributed by atoms with Crippen molar-refractivity contribution >= 4 is 33.3 Å². The van der Waals surface area contributed by atoms with Gasteiger partial charge < -0.3 is 14.0 Å². The van der Waals surface area contributed by atoms with Crippen LogP contribution in [-0.2, 0) is 43.2 Å². The van der Waals surface area contributed by atoms with Gasteiger partial charge in [0.2, 0.25) is 0 Å².